The van der Waals surface area contributed by atoms with E-state index >= 15 is 0 Å². The van der Waals surface area contributed by atoms with Gasteiger partial charge < -0.3 is 0 Å². The van der Waals surface area contributed by atoms with Gasteiger partial charge in [0.05, 0.1) is 5.69 Å². The second-order valence-corrected chi connectivity index (χ2v) is 2.91. The van der Waals surface area contributed by atoms with E-state index in [1.165, 1.54) is 5.56 Å². The molecule has 0 aromatic carbocycles. The molecule has 1 rings (SSSR count). The number of nitrogens with zero attached hydrogens (tertiary/aromatic N) is 1. The molecule has 1 heterocycles. The lowest BCUT2D eigenvalue weighted by molar-refractivity contribution is 1.24. The van der Waals surface area contributed by atoms with Gasteiger partial charge in [0.25, 0.3) is 0 Å². The molecule has 58 valence electrons. The molecule has 1 aromatic rings. The van der Waals surface area contributed by atoms with Crippen LogP contribution < -0.4 is 0 Å². The van der Waals surface area contributed by atoms with E-state index in [4.69, 9.17) is 0 Å². The number of aromatic nitrogens is 1. The van der Waals surface area contributed by atoms with Crippen LogP contribution >= 0.6 is 15.9 Å². The van der Waals surface area contributed by atoms with Crippen molar-refractivity contribution in [2.24, 2.45) is 0 Å². The molecule has 0 aliphatic carbocycles. The minimum absolute atomic E-state index is 0.878. The molecule has 0 unspecified atom stereocenters. The second-order valence-electron chi connectivity index (χ2n) is 2.26. The van der Waals surface area contributed by atoms with Crippen LogP contribution in [0.15, 0.2) is 24.4 Å². The van der Waals surface area contributed by atoms with Crippen molar-refractivity contribution in [3.05, 3.63) is 35.7 Å². The highest BCUT2D eigenvalue weighted by Crippen LogP contribution is 2.04. The lowest BCUT2D eigenvalue weighted by atomic mass is 10.2. The smallest absolute Gasteiger partial charge is 0.0655 e. The van der Waals surface area contributed by atoms with Crippen LogP contribution in [0.5, 0.6) is 0 Å². The zero-order valence-corrected chi connectivity index (χ0v) is 8.01. The van der Waals surface area contributed by atoms with E-state index in [2.05, 4.69) is 33.9 Å². The van der Waals surface area contributed by atoms with Gasteiger partial charge in [0.1, 0.15) is 0 Å². The van der Waals surface area contributed by atoms with Crippen molar-refractivity contribution in [2.75, 3.05) is 5.33 Å². The van der Waals surface area contributed by atoms with Gasteiger partial charge in [0.15, 0.2) is 0 Å². The molecule has 0 N–H and O–H groups in total. The third-order valence-electron chi connectivity index (χ3n) is 1.41. The quantitative estimate of drug-likeness (QED) is 0.687. The maximum absolute atomic E-state index is 4.21. The Hall–Kier alpha value is -0.630. The van der Waals surface area contributed by atoms with E-state index in [1.54, 1.807) is 6.20 Å². The summed E-state index contributed by atoms with van der Waals surface area (Å²) in [6.07, 6.45) is 5.86. The number of aryl methyl sites for hydroxylation is 1. The highest BCUT2D eigenvalue weighted by atomic mass is 79.9. The van der Waals surface area contributed by atoms with Crippen LogP contribution in [0.25, 0.3) is 6.08 Å². The van der Waals surface area contributed by atoms with Crippen molar-refractivity contribution in [3.63, 3.8) is 0 Å². The Balaban J connectivity index is 2.86. The van der Waals surface area contributed by atoms with Gasteiger partial charge in [0, 0.05) is 11.5 Å². The maximum Gasteiger partial charge on any atom is 0.0655 e. The minimum atomic E-state index is 0.878. The predicted octanol–water partition coefficient (Wildman–Crippen LogP) is 2.80. The number of alkyl halides is 1. The Labute approximate surface area is 75.3 Å². The highest BCUT2D eigenvalue weighted by molar-refractivity contribution is 9.09. The van der Waals surface area contributed by atoms with E-state index in [0.717, 1.165) is 11.0 Å². The van der Waals surface area contributed by atoms with Crippen molar-refractivity contribution in [1.29, 1.82) is 0 Å². The van der Waals surface area contributed by atoms with Gasteiger partial charge in [-0.25, -0.2) is 0 Å². The number of hydrogen-bond donors (Lipinski definition) is 0. The molecule has 0 radical (unpaired) electrons. The molecule has 0 aliphatic heterocycles. The summed E-state index contributed by atoms with van der Waals surface area (Å²) in [6, 6.07) is 4.00. The summed E-state index contributed by atoms with van der Waals surface area (Å²) in [7, 11) is 0. The number of rotatable bonds is 2. The summed E-state index contributed by atoms with van der Waals surface area (Å²) in [5, 5.41) is 0.878. The number of halogens is 1. The normalized spacial score (nSPS) is 10.7. The minimum Gasteiger partial charge on any atom is -0.257 e. The topological polar surface area (TPSA) is 12.9 Å². The fourth-order valence-corrected chi connectivity index (χ4v) is 1.02. The summed E-state index contributed by atoms with van der Waals surface area (Å²) < 4.78 is 0. The van der Waals surface area contributed by atoms with Crippen LogP contribution in [0.3, 0.4) is 0 Å². The molecular weight excluding hydrogens is 202 g/mol. The number of pyridine rings is 1. The van der Waals surface area contributed by atoms with E-state index in [0.29, 0.717) is 0 Å². The summed E-state index contributed by atoms with van der Waals surface area (Å²) in [5.41, 5.74) is 2.26. The Bertz CT molecular complexity index is 255. The zero-order chi connectivity index (χ0) is 8.10. The van der Waals surface area contributed by atoms with Gasteiger partial charge >= 0.3 is 0 Å². The third kappa shape index (κ3) is 2.46. The Kier molecular flexibility index (Phi) is 3.30. The molecule has 11 heavy (non-hydrogen) atoms. The Morgan fingerprint density at radius 3 is 3.09 bits per heavy atom. The summed E-state index contributed by atoms with van der Waals surface area (Å²) in [6.45, 7) is 2.06. The monoisotopic (exact) mass is 211 g/mol. The average molecular weight is 212 g/mol. The van der Waals surface area contributed by atoms with E-state index in [9.17, 15) is 0 Å². The van der Waals surface area contributed by atoms with Crippen LogP contribution in [-0.4, -0.2) is 10.3 Å². The molecule has 0 aliphatic rings. The molecular formula is C9H10BrN. The molecule has 0 spiro atoms. The molecule has 1 nitrogen and oxygen atoms in total. The van der Waals surface area contributed by atoms with Crippen LogP contribution in [0, 0.1) is 6.92 Å². The van der Waals surface area contributed by atoms with Crippen molar-refractivity contribution in [3.8, 4) is 0 Å². The molecule has 0 saturated carbocycles. The van der Waals surface area contributed by atoms with Crippen LogP contribution in [0.1, 0.15) is 11.3 Å². The third-order valence-corrected chi connectivity index (χ3v) is 1.79. The number of hydrogen-bond acceptors (Lipinski definition) is 1. The van der Waals surface area contributed by atoms with Crippen LogP contribution in [0.4, 0.5) is 0 Å². The largest absolute Gasteiger partial charge is 0.257 e. The van der Waals surface area contributed by atoms with Gasteiger partial charge in [0.2, 0.25) is 0 Å². The first-order valence-electron chi connectivity index (χ1n) is 3.48. The number of allylic oxidation sites excluding steroid dienone is 1. The van der Waals surface area contributed by atoms with Gasteiger partial charge in [-0.15, -0.1) is 0 Å². The molecule has 0 fully saturated rings. The zero-order valence-electron chi connectivity index (χ0n) is 6.42. The fourth-order valence-electron chi connectivity index (χ4n) is 0.829. The average Bonchev–Trinajstić information content (AvgIpc) is 2.03. The van der Waals surface area contributed by atoms with Crippen LogP contribution in [0.2, 0.25) is 0 Å². The van der Waals surface area contributed by atoms with Gasteiger partial charge in [-0.2, -0.15) is 0 Å². The van der Waals surface area contributed by atoms with Gasteiger partial charge in [-0.05, 0) is 24.6 Å². The lowest BCUT2D eigenvalue weighted by Gasteiger charge is -1.95. The first-order chi connectivity index (χ1) is 5.34. The first kappa shape index (κ1) is 8.47. The molecule has 1 aromatic heterocycles. The lowest BCUT2D eigenvalue weighted by Crippen LogP contribution is -1.83. The fraction of sp³-hybridized carbons (Fsp3) is 0.222. The van der Waals surface area contributed by atoms with Gasteiger partial charge in [-0.3, -0.25) is 4.98 Å². The van der Waals surface area contributed by atoms with Gasteiger partial charge in [-0.1, -0.05) is 28.1 Å². The van der Waals surface area contributed by atoms with Crippen molar-refractivity contribution >= 4 is 22.0 Å². The van der Waals surface area contributed by atoms with Crippen molar-refractivity contribution in [2.45, 2.75) is 6.92 Å². The highest BCUT2D eigenvalue weighted by Gasteiger charge is 1.90. The standard InChI is InChI=1S/C9H10BrN/c1-8-4-3-7-11-9(8)5-2-6-10/h2-5,7H,6H2,1H3. The molecule has 0 bridgehead atoms. The van der Waals surface area contributed by atoms with E-state index in [1.807, 2.05) is 18.2 Å². The second kappa shape index (κ2) is 4.29. The van der Waals surface area contributed by atoms with Crippen molar-refractivity contribution < 1.29 is 0 Å². The van der Waals surface area contributed by atoms with Crippen LogP contribution in [-0.2, 0) is 0 Å². The predicted molar refractivity (Wildman–Crippen MR) is 51.8 cm³/mol. The molecule has 0 amide bonds. The van der Waals surface area contributed by atoms with E-state index in [-0.39, 0.29) is 0 Å². The summed E-state index contributed by atoms with van der Waals surface area (Å²) in [4.78, 5) is 4.21. The summed E-state index contributed by atoms with van der Waals surface area (Å²) >= 11 is 3.32. The Morgan fingerprint density at radius 2 is 2.45 bits per heavy atom. The molecule has 0 atom stereocenters. The summed E-state index contributed by atoms with van der Waals surface area (Å²) in [5.74, 6) is 0. The Morgan fingerprint density at radius 1 is 1.64 bits per heavy atom. The molecule has 2 heteroatoms. The van der Waals surface area contributed by atoms with Crippen molar-refractivity contribution in [1.82, 2.24) is 4.98 Å². The maximum atomic E-state index is 4.21. The first-order valence-corrected chi connectivity index (χ1v) is 4.61. The molecule has 0 saturated heterocycles. The van der Waals surface area contributed by atoms with E-state index < -0.39 is 0 Å². The SMILES string of the molecule is Cc1cccnc1C=CCBr.